The van der Waals surface area contributed by atoms with Gasteiger partial charge in [0.15, 0.2) is 16.8 Å². The molecule has 2 heterocycles. The first-order chi connectivity index (χ1) is 14.9. The Morgan fingerprint density at radius 3 is 2.58 bits per heavy atom. The zero-order valence-corrected chi connectivity index (χ0v) is 19.6. The Labute approximate surface area is 188 Å². The molecule has 1 fully saturated rings. The van der Waals surface area contributed by atoms with E-state index < -0.39 is 0 Å². The molecule has 0 amide bonds. The number of hydrogen-bond acceptors (Lipinski definition) is 5. The van der Waals surface area contributed by atoms with Crippen LogP contribution >= 0.6 is 11.8 Å². The van der Waals surface area contributed by atoms with E-state index in [1.54, 1.807) is 11.8 Å². The minimum absolute atomic E-state index is 0.0265. The SMILES string of the molecule is CC(C)(C)c1ccc(CSc2oc3c(c(=O)c2COC2CCCCO2)=CCCC=3)cc1. The van der Waals surface area contributed by atoms with Crippen LogP contribution in [0.15, 0.2) is 38.6 Å². The summed E-state index contributed by atoms with van der Waals surface area (Å²) >= 11 is 1.57. The fraction of sp³-hybridized carbons (Fsp3) is 0.500. The van der Waals surface area contributed by atoms with Crippen LogP contribution in [0.4, 0.5) is 0 Å². The van der Waals surface area contributed by atoms with Crippen molar-refractivity contribution >= 4 is 23.9 Å². The van der Waals surface area contributed by atoms with Crippen LogP contribution in [0.25, 0.3) is 12.2 Å². The molecule has 0 spiro atoms. The van der Waals surface area contributed by atoms with Gasteiger partial charge >= 0.3 is 0 Å². The molecule has 31 heavy (non-hydrogen) atoms. The van der Waals surface area contributed by atoms with Gasteiger partial charge in [-0.1, -0.05) is 62.9 Å². The zero-order valence-electron chi connectivity index (χ0n) is 18.7. The van der Waals surface area contributed by atoms with E-state index in [9.17, 15) is 4.79 Å². The Morgan fingerprint density at radius 1 is 1.10 bits per heavy atom. The highest BCUT2D eigenvalue weighted by Gasteiger charge is 2.19. The molecular weight excluding hydrogens is 408 g/mol. The van der Waals surface area contributed by atoms with Crippen LogP contribution in [-0.4, -0.2) is 12.9 Å². The molecule has 1 saturated heterocycles. The summed E-state index contributed by atoms with van der Waals surface area (Å²) in [6, 6.07) is 8.70. The van der Waals surface area contributed by atoms with E-state index in [4.69, 9.17) is 13.9 Å². The number of benzene rings is 1. The van der Waals surface area contributed by atoms with Crippen LogP contribution in [-0.2, 0) is 27.2 Å². The topological polar surface area (TPSA) is 48.7 Å². The largest absolute Gasteiger partial charge is 0.450 e. The number of hydrogen-bond donors (Lipinski definition) is 0. The standard InChI is InChI=1S/C26H32O4S/c1-26(2,3)19-13-11-18(12-14-19)17-31-25-21(16-29-23-10-6-7-15-28-23)24(27)20-8-4-5-9-22(20)30-25/h8-9,11-14,23H,4-7,10,15-17H2,1-3H3. The monoisotopic (exact) mass is 440 g/mol. The van der Waals surface area contributed by atoms with Crippen molar-refractivity contribution in [2.45, 2.75) is 82.0 Å². The van der Waals surface area contributed by atoms with Gasteiger partial charge in [0.1, 0.15) is 5.42 Å². The number of rotatable bonds is 6. The first-order valence-electron chi connectivity index (χ1n) is 11.2. The fourth-order valence-corrected chi connectivity index (χ4v) is 4.85. The molecule has 1 aromatic carbocycles. The second-order valence-corrected chi connectivity index (χ2v) is 10.3. The molecule has 1 atom stereocenters. The summed E-state index contributed by atoms with van der Waals surface area (Å²) in [4.78, 5) is 13.2. The van der Waals surface area contributed by atoms with Gasteiger partial charge in [0.25, 0.3) is 0 Å². The smallest absolute Gasteiger partial charge is 0.199 e. The van der Waals surface area contributed by atoms with Gasteiger partial charge in [0, 0.05) is 12.4 Å². The van der Waals surface area contributed by atoms with Crippen molar-refractivity contribution in [2.24, 2.45) is 0 Å². The molecule has 166 valence electrons. The first-order valence-corrected chi connectivity index (χ1v) is 12.2. The highest BCUT2D eigenvalue weighted by molar-refractivity contribution is 7.98. The second kappa shape index (κ2) is 9.76. The average Bonchev–Trinajstić information content (AvgIpc) is 2.77. The number of ether oxygens (including phenoxy) is 2. The lowest BCUT2D eigenvalue weighted by molar-refractivity contribution is -0.169. The molecular formula is C26H32O4S. The van der Waals surface area contributed by atoms with Gasteiger partial charge in [0.2, 0.25) is 0 Å². The lowest BCUT2D eigenvalue weighted by atomic mass is 9.87. The molecule has 4 rings (SSSR count). The van der Waals surface area contributed by atoms with Crippen molar-refractivity contribution in [1.82, 2.24) is 0 Å². The maximum Gasteiger partial charge on any atom is 0.199 e. The van der Waals surface area contributed by atoms with E-state index in [0.29, 0.717) is 21.3 Å². The lowest BCUT2D eigenvalue weighted by Gasteiger charge is -2.23. The summed E-state index contributed by atoms with van der Waals surface area (Å²) < 4.78 is 17.9. The molecule has 1 unspecified atom stereocenters. The van der Waals surface area contributed by atoms with Gasteiger partial charge in [-0.25, -0.2) is 0 Å². The fourth-order valence-electron chi connectivity index (χ4n) is 3.88. The molecule has 0 N–H and O–H groups in total. The predicted octanol–water partition coefficient (Wildman–Crippen LogP) is 4.63. The number of fused-ring (bicyclic) bond motifs is 1. The highest BCUT2D eigenvalue weighted by Crippen LogP contribution is 2.27. The van der Waals surface area contributed by atoms with Crippen molar-refractivity contribution < 1.29 is 13.9 Å². The molecule has 0 saturated carbocycles. The number of thioether (sulfide) groups is 1. The summed E-state index contributed by atoms with van der Waals surface area (Å²) in [6.07, 6.45) is 8.59. The van der Waals surface area contributed by atoms with E-state index >= 15 is 0 Å². The normalized spacial score (nSPS) is 18.7. The van der Waals surface area contributed by atoms with Gasteiger partial charge in [0.05, 0.1) is 17.4 Å². The maximum atomic E-state index is 13.2. The first kappa shape index (κ1) is 22.4. The third-order valence-corrected chi connectivity index (χ3v) is 6.89. The zero-order chi connectivity index (χ0) is 21.8. The molecule has 1 aliphatic carbocycles. The Bertz CT molecular complexity index is 1070. The summed E-state index contributed by atoms with van der Waals surface area (Å²) in [7, 11) is 0. The highest BCUT2D eigenvalue weighted by atomic mass is 32.2. The third kappa shape index (κ3) is 5.51. The van der Waals surface area contributed by atoms with Gasteiger partial charge in [-0.15, -0.1) is 0 Å². The molecule has 4 nitrogen and oxygen atoms in total. The molecule has 5 heteroatoms. The van der Waals surface area contributed by atoms with E-state index in [1.165, 1.54) is 11.1 Å². The van der Waals surface area contributed by atoms with E-state index in [0.717, 1.165) is 44.5 Å². The van der Waals surface area contributed by atoms with Crippen molar-refractivity contribution in [3.05, 3.63) is 61.8 Å². The summed E-state index contributed by atoms with van der Waals surface area (Å²) in [5.74, 6) is 0.739. The van der Waals surface area contributed by atoms with Crippen molar-refractivity contribution in [2.75, 3.05) is 6.61 Å². The van der Waals surface area contributed by atoms with Crippen molar-refractivity contribution in [3.63, 3.8) is 0 Å². The molecule has 2 aliphatic rings. The van der Waals surface area contributed by atoms with E-state index in [1.807, 2.05) is 12.2 Å². The Kier molecular flexibility index (Phi) is 7.05. The van der Waals surface area contributed by atoms with Crippen molar-refractivity contribution in [1.29, 1.82) is 0 Å². The Balaban J connectivity index is 1.56. The van der Waals surface area contributed by atoms with Gasteiger partial charge in [-0.3, -0.25) is 4.79 Å². The maximum absolute atomic E-state index is 13.2. The molecule has 2 aromatic rings. The van der Waals surface area contributed by atoms with Crippen LogP contribution in [0, 0.1) is 0 Å². The van der Waals surface area contributed by atoms with Gasteiger partial charge in [-0.05, 0) is 54.7 Å². The van der Waals surface area contributed by atoms with Crippen LogP contribution in [0.3, 0.4) is 0 Å². The molecule has 0 radical (unpaired) electrons. The molecule has 0 bridgehead atoms. The second-order valence-electron chi connectivity index (χ2n) is 9.30. The summed E-state index contributed by atoms with van der Waals surface area (Å²) in [6.45, 7) is 7.59. The average molecular weight is 441 g/mol. The van der Waals surface area contributed by atoms with Crippen LogP contribution in [0.2, 0.25) is 0 Å². The molecule has 1 aliphatic heterocycles. The van der Waals surface area contributed by atoms with Gasteiger partial charge < -0.3 is 13.9 Å². The van der Waals surface area contributed by atoms with E-state index in [2.05, 4.69) is 45.0 Å². The van der Waals surface area contributed by atoms with Crippen LogP contribution < -0.4 is 16.1 Å². The Hall–Kier alpha value is -1.82. The van der Waals surface area contributed by atoms with Crippen LogP contribution in [0.5, 0.6) is 0 Å². The summed E-state index contributed by atoms with van der Waals surface area (Å²) in [5.41, 5.74) is 3.98. The summed E-state index contributed by atoms with van der Waals surface area (Å²) in [5, 5.41) is 1.33. The van der Waals surface area contributed by atoms with Crippen molar-refractivity contribution in [3.8, 4) is 0 Å². The Morgan fingerprint density at radius 2 is 1.87 bits per heavy atom. The minimum atomic E-state index is -0.234. The van der Waals surface area contributed by atoms with Gasteiger partial charge in [-0.2, -0.15) is 0 Å². The molecule has 1 aromatic heterocycles. The quantitative estimate of drug-likeness (QED) is 0.613. The lowest BCUT2D eigenvalue weighted by Crippen LogP contribution is -2.42. The minimum Gasteiger partial charge on any atom is -0.450 e. The van der Waals surface area contributed by atoms with Crippen LogP contribution in [0.1, 0.15) is 69.6 Å². The predicted molar refractivity (Wildman–Crippen MR) is 125 cm³/mol. The van der Waals surface area contributed by atoms with E-state index in [-0.39, 0.29) is 23.7 Å². The third-order valence-electron chi connectivity index (χ3n) is 5.82.